The van der Waals surface area contributed by atoms with Gasteiger partial charge in [-0.1, -0.05) is 38.5 Å². The molecule has 0 aromatic heterocycles. The smallest absolute Gasteiger partial charge is 0.418 e. The van der Waals surface area contributed by atoms with Crippen LogP contribution in [0.2, 0.25) is 0 Å². The molecule has 0 heterocycles. The summed E-state index contributed by atoms with van der Waals surface area (Å²) >= 11 is 0. The quantitative estimate of drug-likeness (QED) is 0.383. The van der Waals surface area contributed by atoms with Gasteiger partial charge in [0.2, 0.25) is 0 Å². The zero-order chi connectivity index (χ0) is 14.3. The van der Waals surface area contributed by atoms with E-state index >= 15 is 0 Å². The molecule has 0 aromatic rings. The van der Waals surface area contributed by atoms with Crippen molar-refractivity contribution in [1.29, 1.82) is 0 Å². The number of rotatable bonds is 2. The first-order chi connectivity index (χ1) is 8.88. The van der Waals surface area contributed by atoms with Gasteiger partial charge in [-0.05, 0) is 37.0 Å². The van der Waals surface area contributed by atoms with Crippen LogP contribution < -0.4 is 0 Å². The Kier molecular flexibility index (Phi) is 7.79. The Balaban J connectivity index is 0.000000312. The molecule has 7 heteroatoms. The Hall–Kier alpha value is 0.280. The minimum Gasteiger partial charge on any atom is -0.418 e. The van der Waals surface area contributed by atoms with Crippen LogP contribution in [0.4, 0.5) is 17.3 Å². The molecule has 2 rings (SSSR count). The van der Waals surface area contributed by atoms with E-state index < -0.39 is 7.25 Å². The Morgan fingerprint density at radius 3 is 1.21 bits per heavy atom. The van der Waals surface area contributed by atoms with E-state index in [1.165, 1.54) is 38.5 Å². The molecule has 2 aliphatic rings. The van der Waals surface area contributed by atoms with Gasteiger partial charge in [0.15, 0.2) is 0 Å². The fourth-order valence-corrected chi connectivity index (χ4v) is 6.23. The molecule has 0 aliphatic heterocycles. The van der Waals surface area contributed by atoms with Crippen LogP contribution in [0.5, 0.6) is 0 Å². The highest BCUT2D eigenvalue weighted by Crippen LogP contribution is 2.52. The molecule has 2 aliphatic carbocycles. The molecular weight excluding hydrogens is 273 g/mol. The maximum absolute atomic E-state index is 9.75. The van der Waals surface area contributed by atoms with Gasteiger partial charge in [-0.2, -0.15) is 0 Å². The minimum absolute atomic E-state index is 0.383. The summed E-state index contributed by atoms with van der Waals surface area (Å²) in [5, 5.41) is 0. The normalized spacial score (nSPS) is 23.0. The summed E-state index contributed by atoms with van der Waals surface area (Å²) in [5.74, 6) is 0. The van der Waals surface area contributed by atoms with Crippen LogP contribution in [-0.2, 0) is 0 Å². The standard InChI is InChI=1S/C12H24BP.BF4/c13-14(11-7-3-1-4-8-11)12-9-5-2-6-10-12;2-1(3,4)5/h11-12H,1-10,13H2;/q;-1. The van der Waals surface area contributed by atoms with Crippen LogP contribution in [0.25, 0.3) is 0 Å². The van der Waals surface area contributed by atoms with E-state index in [2.05, 4.69) is 7.57 Å². The maximum Gasteiger partial charge on any atom is 0.673 e. The van der Waals surface area contributed by atoms with Crippen molar-refractivity contribution in [3.63, 3.8) is 0 Å². The van der Waals surface area contributed by atoms with Crippen molar-refractivity contribution in [2.75, 3.05) is 0 Å². The molecule has 112 valence electrons. The molecule has 0 atom stereocenters. The van der Waals surface area contributed by atoms with Crippen molar-refractivity contribution in [2.45, 2.75) is 75.5 Å². The molecule has 0 saturated heterocycles. The summed E-state index contributed by atoms with van der Waals surface area (Å²) in [6.07, 6.45) is 15.4. The summed E-state index contributed by atoms with van der Waals surface area (Å²) in [7, 11) is -3.00. The van der Waals surface area contributed by atoms with Gasteiger partial charge >= 0.3 is 7.25 Å². The van der Waals surface area contributed by atoms with Crippen LogP contribution in [0, 0.1) is 0 Å². The third kappa shape index (κ3) is 8.22. The van der Waals surface area contributed by atoms with Crippen molar-refractivity contribution in [1.82, 2.24) is 0 Å². The Morgan fingerprint density at radius 1 is 0.684 bits per heavy atom. The van der Waals surface area contributed by atoms with Crippen LogP contribution in [-0.4, -0.2) is 26.1 Å². The molecule has 0 amide bonds. The van der Waals surface area contributed by atoms with E-state index in [4.69, 9.17) is 0 Å². The van der Waals surface area contributed by atoms with E-state index in [-0.39, 0.29) is 0 Å². The zero-order valence-corrected chi connectivity index (χ0v) is 12.7. The molecule has 19 heavy (non-hydrogen) atoms. The molecule has 2 saturated carbocycles. The van der Waals surface area contributed by atoms with Crippen LogP contribution in [0.1, 0.15) is 64.2 Å². The lowest BCUT2D eigenvalue weighted by atomic mass is 9.99. The number of hydrogen-bond donors (Lipinski definition) is 0. The monoisotopic (exact) mass is 297 g/mol. The van der Waals surface area contributed by atoms with Gasteiger partial charge < -0.3 is 17.3 Å². The maximum atomic E-state index is 9.75. The largest absolute Gasteiger partial charge is 0.673 e. The summed E-state index contributed by atoms with van der Waals surface area (Å²) < 4.78 is 39.0. The zero-order valence-electron chi connectivity index (χ0n) is 11.8. The predicted molar refractivity (Wildman–Crippen MR) is 79.4 cm³/mol. The van der Waals surface area contributed by atoms with E-state index in [1.807, 2.05) is 0 Å². The third-order valence-corrected chi connectivity index (χ3v) is 7.64. The minimum atomic E-state index is -6.00. The Morgan fingerprint density at radius 2 is 0.947 bits per heavy atom. The first-order valence-electron chi connectivity index (χ1n) is 7.47. The molecule has 0 spiro atoms. The third-order valence-electron chi connectivity index (χ3n) is 4.30. The highest BCUT2D eigenvalue weighted by Gasteiger charge is 2.26. The molecular formula is C12H24B2F4P-. The lowest BCUT2D eigenvalue weighted by molar-refractivity contribution is 0.368. The van der Waals surface area contributed by atoms with Gasteiger partial charge in [0.1, 0.15) is 7.57 Å². The summed E-state index contributed by atoms with van der Waals surface area (Å²) in [5.41, 5.74) is 2.31. The van der Waals surface area contributed by atoms with Crippen molar-refractivity contribution < 1.29 is 17.3 Å². The highest BCUT2D eigenvalue weighted by atomic mass is 31.1. The average molecular weight is 297 g/mol. The SMILES string of the molecule is BP(C1CCCCC1)C1CCCCC1.F[B-](F)(F)F. The van der Waals surface area contributed by atoms with Gasteiger partial charge in [0.25, 0.3) is 0 Å². The molecule has 0 N–H and O–H groups in total. The first-order valence-corrected chi connectivity index (χ1v) is 9.40. The Labute approximate surface area is 116 Å². The van der Waals surface area contributed by atoms with E-state index in [1.54, 1.807) is 25.7 Å². The highest BCUT2D eigenvalue weighted by molar-refractivity contribution is 7.83. The molecule has 0 unspecified atom stereocenters. The van der Waals surface area contributed by atoms with Gasteiger partial charge in [-0.15, -0.1) is 7.80 Å². The van der Waals surface area contributed by atoms with Crippen LogP contribution in [0.3, 0.4) is 0 Å². The molecule has 0 radical (unpaired) electrons. The molecule has 0 nitrogen and oxygen atoms in total. The fourth-order valence-electron chi connectivity index (χ4n) is 3.27. The summed E-state index contributed by atoms with van der Waals surface area (Å²) in [6.45, 7) is 0. The first kappa shape index (κ1) is 17.3. The van der Waals surface area contributed by atoms with Crippen molar-refractivity contribution in [3.8, 4) is 0 Å². The average Bonchev–Trinajstić information content (AvgIpc) is 2.38. The topological polar surface area (TPSA) is 0 Å². The summed E-state index contributed by atoms with van der Waals surface area (Å²) in [4.78, 5) is 0. The van der Waals surface area contributed by atoms with Crippen molar-refractivity contribution >= 4 is 22.6 Å². The van der Waals surface area contributed by atoms with Gasteiger partial charge in [-0.25, -0.2) is 0 Å². The van der Waals surface area contributed by atoms with Crippen LogP contribution >= 0.6 is 7.80 Å². The second kappa shape index (κ2) is 8.54. The lowest BCUT2D eigenvalue weighted by Gasteiger charge is -2.36. The number of hydrogen-bond acceptors (Lipinski definition) is 0. The van der Waals surface area contributed by atoms with Crippen molar-refractivity contribution in [2.24, 2.45) is 0 Å². The summed E-state index contributed by atoms with van der Waals surface area (Å²) in [6, 6.07) is 0. The fraction of sp³-hybridized carbons (Fsp3) is 1.00. The number of halogens is 4. The molecule has 0 bridgehead atoms. The van der Waals surface area contributed by atoms with Gasteiger partial charge in [0.05, 0.1) is 0 Å². The Bertz CT molecular complexity index is 214. The van der Waals surface area contributed by atoms with Crippen molar-refractivity contribution in [3.05, 3.63) is 0 Å². The van der Waals surface area contributed by atoms with E-state index in [0.717, 1.165) is 11.3 Å². The predicted octanol–water partition coefficient (Wildman–Crippen LogP) is 4.98. The second-order valence-corrected chi connectivity index (χ2v) is 8.54. The lowest BCUT2D eigenvalue weighted by Crippen LogP contribution is -2.20. The second-order valence-electron chi connectivity index (χ2n) is 5.74. The molecule has 2 fully saturated rings. The van der Waals surface area contributed by atoms with Gasteiger partial charge in [0, 0.05) is 0 Å². The van der Waals surface area contributed by atoms with E-state index in [0.29, 0.717) is 7.80 Å². The molecule has 0 aromatic carbocycles. The van der Waals surface area contributed by atoms with Crippen LogP contribution in [0.15, 0.2) is 0 Å². The van der Waals surface area contributed by atoms with Gasteiger partial charge in [-0.3, -0.25) is 0 Å². The van der Waals surface area contributed by atoms with E-state index in [9.17, 15) is 17.3 Å².